The van der Waals surface area contributed by atoms with Gasteiger partial charge in [0.05, 0.1) is 5.41 Å². The van der Waals surface area contributed by atoms with Gasteiger partial charge in [0.25, 0.3) is 0 Å². The minimum atomic E-state index is 0.0955. The lowest BCUT2D eigenvalue weighted by Crippen LogP contribution is -2.38. The number of amides is 1. The van der Waals surface area contributed by atoms with Gasteiger partial charge in [-0.05, 0) is 25.2 Å². The molecule has 2 heteroatoms. The highest BCUT2D eigenvalue weighted by Crippen LogP contribution is 2.56. The van der Waals surface area contributed by atoms with Crippen LogP contribution >= 0.6 is 0 Å². The van der Waals surface area contributed by atoms with Crippen LogP contribution < -0.4 is 5.32 Å². The van der Waals surface area contributed by atoms with Gasteiger partial charge in [-0.2, -0.15) is 0 Å². The van der Waals surface area contributed by atoms with Crippen molar-refractivity contribution in [2.75, 3.05) is 6.54 Å². The topological polar surface area (TPSA) is 29.1 Å². The van der Waals surface area contributed by atoms with Gasteiger partial charge in [0.15, 0.2) is 0 Å². The summed E-state index contributed by atoms with van der Waals surface area (Å²) in [5.41, 5.74) is 0.0955. The van der Waals surface area contributed by atoms with Crippen molar-refractivity contribution < 1.29 is 4.79 Å². The van der Waals surface area contributed by atoms with Gasteiger partial charge in [-0.25, -0.2) is 0 Å². The molecule has 0 radical (unpaired) electrons. The molecule has 56 valence electrons. The van der Waals surface area contributed by atoms with Gasteiger partial charge >= 0.3 is 0 Å². The molecule has 1 aliphatic carbocycles. The number of rotatable bonds is 0. The molecule has 1 amide bonds. The second-order valence-electron chi connectivity index (χ2n) is 3.62. The molecule has 2 rings (SSSR count). The van der Waals surface area contributed by atoms with Crippen LogP contribution in [0.4, 0.5) is 0 Å². The fraction of sp³-hybridized carbons (Fsp3) is 0.875. The van der Waals surface area contributed by atoms with Gasteiger partial charge in [-0.1, -0.05) is 6.92 Å². The van der Waals surface area contributed by atoms with Crippen LogP contribution in [0.15, 0.2) is 0 Å². The molecule has 2 atom stereocenters. The van der Waals surface area contributed by atoms with Crippen molar-refractivity contribution in [2.24, 2.45) is 11.3 Å². The van der Waals surface area contributed by atoms with E-state index in [-0.39, 0.29) is 5.41 Å². The quantitative estimate of drug-likeness (QED) is 0.531. The highest BCUT2D eigenvalue weighted by atomic mass is 16.2. The Labute approximate surface area is 61.0 Å². The van der Waals surface area contributed by atoms with Crippen molar-refractivity contribution in [2.45, 2.75) is 26.2 Å². The third-order valence-electron chi connectivity index (χ3n) is 2.99. The second kappa shape index (κ2) is 1.74. The number of piperidine rings is 1. The minimum Gasteiger partial charge on any atom is -0.356 e. The highest BCUT2D eigenvalue weighted by molar-refractivity contribution is 5.86. The predicted octanol–water partition coefficient (Wildman–Crippen LogP) is 0.923. The first kappa shape index (κ1) is 6.20. The van der Waals surface area contributed by atoms with E-state index in [1.54, 1.807) is 0 Å². The van der Waals surface area contributed by atoms with Crippen LogP contribution in [0, 0.1) is 11.3 Å². The monoisotopic (exact) mass is 139 g/mol. The molecular formula is C8H13NO. The van der Waals surface area contributed by atoms with Crippen LogP contribution in [-0.4, -0.2) is 12.5 Å². The van der Waals surface area contributed by atoms with Crippen molar-refractivity contribution >= 4 is 5.91 Å². The molecule has 0 bridgehead atoms. The summed E-state index contributed by atoms with van der Waals surface area (Å²) in [5.74, 6) is 0.957. The molecular weight excluding hydrogens is 126 g/mol. The summed E-state index contributed by atoms with van der Waals surface area (Å²) in [5, 5.41) is 2.93. The number of hydrogen-bond acceptors (Lipinski definition) is 1. The van der Waals surface area contributed by atoms with Crippen molar-refractivity contribution in [1.82, 2.24) is 5.32 Å². The van der Waals surface area contributed by atoms with Crippen molar-refractivity contribution in [3.63, 3.8) is 0 Å². The number of carbonyl (C=O) groups excluding carboxylic acids is 1. The summed E-state index contributed by atoms with van der Waals surface area (Å²) in [6.07, 6.45) is 3.43. The van der Waals surface area contributed by atoms with E-state index in [1.165, 1.54) is 6.42 Å². The molecule has 2 aliphatic rings. The molecule has 1 saturated heterocycles. The van der Waals surface area contributed by atoms with E-state index in [0.29, 0.717) is 11.8 Å². The van der Waals surface area contributed by atoms with E-state index in [0.717, 1.165) is 19.4 Å². The number of carbonyl (C=O) groups is 1. The van der Waals surface area contributed by atoms with Crippen LogP contribution in [0.2, 0.25) is 0 Å². The normalized spacial score (nSPS) is 45.3. The third kappa shape index (κ3) is 0.619. The van der Waals surface area contributed by atoms with E-state index in [9.17, 15) is 4.79 Å². The zero-order valence-electron chi connectivity index (χ0n) is 6.31. The maximum atomic E-state index is 11.3. The molecule has 1 heterocycles. The standard InChI is InChI=1S/C8H13NO/c1-6-5-8(6)3-2-4-9-7(8)10/h6H,2-5H2,1H3,(H,9,10). The Bertz CT molecular complexity index is 178. The molecule has 10 heavy (non-hydrogen) atoms. The van der Waals surface area contributed by atoms with Gasteiger partial charge in [0.1, 0.15) is 0 Å². The van der Waals surface area contributed by atoms with E-state index < -0.39 is 0 Å². The van der Waals surface area contributed by atoms with Crippen molar-refractivity contribution in [1.29, 1.82) is 0 Å². The molecule has 0 aromatic rings. The Morgan fingerprint density at radius 1 is 1.70 bits per heavy atom. The SMILES string of the molecule is CC1CC12CCCNC2=O. The lowest BCUT2D eigenvalue weighted by Gasteiger charge is -2.21. The lowest BCUT2D eigenvalue weighted by molar-refractivity contribution is -0.128. The molecule has 1 aliphatic heterocycles. The van der Waals surface area contributed by atoms with E-state index in [1.807, 2.05) is 0 Å². The van der Waals surface area contributed by atoms with Crippen LogP contribution in [0.1, 0.15) is 26.2 Å². The van der Waals surface area contributed by atoms with Gasteiger partial charge in [-0.15, -0.1) is 0 Å². The molecule has 2 nitrogen and oxygen atoms in total. The third-order valence-corrected chi connectivity index (χ3v) is 2.99. The zero-order chi connectivity index (χ0) is 7.19. The predicted molar refractivity (Wildman–Crippen MR) is 38.5 cm³/mol. The number of nitrogens with one attached hydrogen (secondary N) is 1. The summed E-state index contributed by atoms with van der Waals surface area (Å²) < 4.78 is 0. The van der Waals surface area contributed by atoms with E-state index >= 15 is 0 Å². The van der Waals surface area contributed by atoms with Crippen LogP contribution in [-0.2, 0) is 4.79 Å². The Kier molecular flexibility index (Phi) is 1.08. The molecule has 1 saturated carbocycles. The minimum absolute atomic E-state index is 0.0955. The Balaban J connectivity index is 2.13. The molecule has 0 aromatic heterocycles. The van der Waals surface area contributed by atoms with Crippen LogP contribution in [0.5, 0.6) is 0 Å². The molecule has 1 N–H and O–H groups in total. The van der Waals surface area contributed by atoms with Crippen LogP contribution in [0.3, 0.4) is 0 Å². The summed E-state index contributed by atoms with van der Waals surface area (Å²) in [7, 11) is 0. The fourth-order valence-electron chi connectivity index (χ4n) is 2.05. The van der Waals surface area contributed by atoms with Gasteiger partial charge in [0, 0.05) is 6.54 Å². The summed E-state index contributed by atoms with van der Waals surface area (Å²) >= 11 is 0. The van der Waals surface area contributed by atoms with Gasteiger partial charge < -0.3 is 5.32 Å². The average molecular weight is 139 g/mol. The smallest absolute Gasteiger partial charge is 0.226 e. The van der Waals surface area contributed by atoms with Crippen molar-refractivity contribution in [3.05, 3.63) is 0 Å². The highest BCUT2D eigenvalue weighted by Gasteiger charge is 2.57. The first-order chi connectivity index (χ1) is 4.76. The Hall–Kier alpha value is -0.530. The maximum absolute atomic E-state index is 11.3. The largest absolute Gasteiger partial charge is 0.356 e. The lowest BCUT2D eigenvalue weighted by atomic mass is 9.93. The van der Waals surface area contributed by atoms with Gasteiger partial charge in [-0.3, -0.25) is 4.79 Å². The molecule has 0 aromatic carbocycles. The Morgan fingerprint density at radius 2 is 2.40 bits per heavy atom. The van der Waals surface area contributed by atoms with E-state index in [2.05, 4.69) is 12.2 Å². The van der Waals surface area contributed by atoms with Gasteiger partial charge in [0.2, 0.25) is 5.91 Å². The second-order valence-corrected chi connectivity index (χ2v) is 3.62. The number of hydrogen-bond donors (Lipinski definition) is 1. The van der Waals surface area contributed by atoms with Crippen LogP contribution in [0.25, 0.3) is 0 Å². The summed E-state index contributed by atoms with van der Waals surface area (Å²) in [4.78, 5) is 11.3. The summed E-state index contributed by atoms with van der Waals surface area (Å²) in [6.45, 7) is 3.07. The first-order valence-electron chi connectivity index (χ1n) is 4.04. The Morgan fingerprint density at radius 3 is 2.80 bits per heavy atom. The van der Waals surface area contributed by atoms with E-state index in [4.69, 9.17) is 0 Å². The summed E-state index contributed by atoms with van der Waals surface area (Å²) in [6, 6.07) is 0. The molecule has 1 spiro atoms. The maximum Gasteiger partial charge on any atom is 0.226 e. The average Bonchev–Trinajstić information content (AvgIpc) is 2.53. The fourth-order valence-corrected chi connectivity index (χ4v) is 2.05. The molecule has 2 unspecified atom stereocenters. The zero-order valence-corrected chi connectivity index (χ0v) is 6.31. The molecule has 2 fully saturated rings. The first-order valence-corrected chi connectivity index (χ1v) is 4.04. The van der Waals surface area contributed by atoms with Crippen molar-refractivity contribution in [3.8, 4) is 0 Å².